The lowest BCUT2D eigenvalue weighted by atomic mass is 9.91. The second-order valence-corrected chi connectivity index (χ2v) is 7.93. The lowest BCUT2D eigenvalue weighted by Crippen LogP contribution is -2.57. The summed E-state index contributed by atoms with van der Waals surface area (Å²) in [5.74, 6) is 0.912. The Morgan fingerprint density at radius 2 is 1.62 bits per heavy atom. The van der Waals surface area contributed by atoms with E-state index in [9.17, 15) is 9.59 Å². The Morgan fingerprint density at radius 1 is 1.04 bits per heavy atom. The minimum atomic E-state index is -1.03. The van der Waals surface area contributed by atoms with E-state index in [1.165, 1.54) is 25.7 Å². The predicted octanol–water partition coefficient (Wildman–Crippen LogP) is 2.50. The molecule has 1 unspecified atom stereocenters. The van der Waals surface area contributed by atoms with Crippen molar-refractivity contribution in [2.24, 2.45) is 11.7 Å². The monoisotopic (exact) mass is 357 g/mol. The molecule has 2 amide bonds. The zero-order chi connectivity index (χ0) is 18.6. The summed E-state index contributed by atoms with van der Waals surface area (Å²) >= 11 is 0. The molecule has 5 nitrogen and oxygen atoms in total. The molecule has 1 aliphatic heterocycles. The van der Waals surface area contributed by atoms with Gasteiger partial charge in [-0.25, -0.2) is 0 Å². The fraction of sp³-hybridized carbons (Fsp3) is 0.619. The minimum absolute atomic E-state index is 0.0678. The van der Waals surface area contributed by atoms with Crippen LogP contribution in [0.1, 0.15) is 51.0 Å². The zero-order valence-electron chi connectivity index (χ0n) is 15.8. The van der Waals surface area contributed by atoms with Crippen LogP contribution in [0, 0.1) is 5.92 Å². The van der Waals surface area contributed by atoms with Crippen LogP contribution in [0.25, 0.3) is 0 Å². The van der Waals surface area contributed by atoms with Crippen molar-refractivity contribution < 1.29 is 9.59 Å². The Kier molecular flexibility index (Phi) is 5.97. The molecule has 1 saturated carbocycles. The predicted molar refractivity (Wildman–Crippen MR) is 102 cm³/mol. The van der Waals surface area contributed by atoms with Crippen LogP contribution in [0.5, 0.6) is 0 Å². The van der Waals surface area contributed by atoms with Crippen LogP contribution < -0.4 is 5.73 Å². The van der Waals surface area contributed by atoms with Gasteiger partial charge in [-0.3, -0.25) is 9.59 Å². The highest BCUT2D eigenvalue weighted by atomic mass is 16.2. The summed E-state index contributed by atoms with van der Waals surface area (Å²) in [6, 6.07) is 9.49. The first-order chi connectivity index (χ1) is 12.5. The summed E-state index contributed by atoms with van der Waals surface area (Å²) in [5, 5.41) is 0. The van der Waals surface area contributed by atoms with E-state index in [2.05, 4.69) is 0 Å². The van der Waals surface area contributed by atoms with Gasteiger partial charge in [0.1, 0.15) is 5.54 Å². The summed E-state index contributed by atoms with van der Waals surface area (Å²) in [6.45, 7) is 4.12. The summed E-state index contributed by atoms with van der Waals surface area (Å²) in [5.41, 5.74) is 6.14. The number of nitrogens with two attached hydrogens (primary N) is 1. The topological polar surface area (TPSA) is 66.6 Å². The second-order valence-electron chi connectivity index (χ2n) is 7.93. The lowest BCUT2D eigenvalue weighted by Gasteiger charge is -2.38. The Labute approximate surface area is 156 Å². The first-order valence-corrected chi connectivity index (χ1v) is 9.90. The molecule has 0 bridgehead atoms. The molecule has 5 heteroatoms. The van der Waals surface area contributed by atoms with Crippen LogP contribution in [0.3, 0.4) is 0 Å². The number of benzene rings is 1. The molecule has 1 aromatic rings. The van der Waals surface area contributed by atoms with Crippen molar-refractivity contribution in [3.05, 3.63) is 35.9 Å². The highest BCUT2D eigenvalue weighted by molar-refractivity contribution is 5.87. The van der Waals surface area contributed by atoms with Crippen molar-refractivity contribution in [3.8, 4) is 0 Å². The molecule has 1 aliphatic carbocycles. The largest absolute Gasteiger partial charge is 0.339 e. The Bertz CT molecular complexity index is 615. The number of hydrogen-bond acceptors (Lipinski definition) is 3. The number of amides is 2. The van der Waals surface area contributed by atoms with Crippen molar-refractivity contribution in [2.45, 2.75) is 51.0 Å². The van der Waals surface area contributed by atoms with Crippen LogP contribution >= 0.6 is 0 Å². The smallest absolute Gasteiger partial charge is 0.247 e. The normalized spacial score (nSPS) is 20.8. The molecule has 1 heterocycles. The summed E-state index contributed by atoms with van der Waals surface area (Å²) < 4.78 is 0. The van der Waals surface area contributed by atoms with E-state index in [1.807, 2.05) is 35.2 Å². The van der Waals surface area contributed by atoms with Crippen molar-refractivity contribution in [1.29, 1.82) is 0 Å². The minimum Gasteiger partial charge on any atom is -0.339 e. The number of carbonyl (C=O) groups excluding carboxylic acids is 2. The number of hydrogen-bond donors (Lipinski definition) is 1. The van der Waals surface area contributed by atoms with E-state index in [4.69, 9.17) is 5.73 Å². The SMILES string of the molecule is CC(N)(C(=O)N1CCN(C(=O)CCC2CCCC2)CC1)c1ccccc1. The van der Waals surface area contributed by atoms with E-state index >= 15 is 0 Å². The average Bonchev–Trinajstić information content (AvgIpc) is 3.20. The molecular formula is C21H31N3O2. The van der Waals surface area contributed by atoms with Crippen LogP contribution in [0.2, 0.25) is 0 Å². The van der Waals surface area contributed by atoms with Gasteiger partial charge >= 0.3 is 0 Å². The van der Waals surface area contributed by atoms with E-state index in [0.29, 0.717) is 32.6 Å². The molecule has 1 atom stereocenters. The van der Waals surface area contributed by atoms with Gasteiger partial charge in [0.25, 0.3) is 0 Å². The van der Waals surface area contributed by atoms with Gasteiger partial charge in [0.15, 0.2) is 0 Å². The second kappa shape index (κ2) is 8.21. The summed E-state index contributed by atoms with van der Waals surface area (Å²) in [7, 11) is 0. The molecule has 2 fully saturated rings. The van der Waals surface area contributed by atoms with Gasteiger partial charge in [-0.1, -0.05) is 56.0 Å². The molecule has 142 valence electrons. The fourth-order valence-electron chi connectivity index (χ4n) is 4.18. The summed E-state index contributed by atoms with van der Waals surface area (Å²) in [4.78, 5) is 29.1. The van der Waals surface area contributed by atoms with Gasteiger partial charge in [-0.15, -0.1) is 0 Å². The number of nitrogens with zero attached hydrogens (tertiary/aromatic N) is 2. The first kappa shape index (κ1) is 18.9. The van der Waals surface area contributed by atoms with Crippen LogP contribution in [0.4, 0.5) is 0 Å². The van der Waals surface area contributed by atoms with Crippen LogP contribution in [0.15, 0.2) is 30.3 Å². The maximum absolute atomic E-state index is 12.9. The molecule has 1 saturated heterocycles. The molecular weight excluding hydrogens is 326 g/mol. The molecule has 0 aromatic heterocycles. The van der Waals surface area contributed by atoms with E-state index < -0.39 is 5.54 Å². The maximum Gasteiger partial charge on any atom is 0.247 e. The van der Waals surface area contributed by atoms with E-state index in [-0.39, 0.29) is 11.8 Å². The average molecular weight is 357 g/mol. The van der Waals surface area contributed by atoms with Gasteiger partial charge in [0, 0.05) is 32.6 Å². The van der Waals surface area contributed by atoms with Gasteiger partial charge in [-0.05, 0) is 24.8 Å². The number of rotatable bonds is 5. The van der Waals surface area contributed by atoms with Gasteiger partial charge in [0.2, 0.25) is 11.8 Å². The fourth-order valence-corrected chi connectivity index (χ4v) is 4.18. The van der Waals surface area contributed by atoms with Crippen LogP contribution in [-0.4, -0.2) is 47.8 Å². The number of carbonyl (C=O) groups is 2. The molecule has 1 aromatic carbocycles. The van der Waals surface area contributed by atoms with Gasteiger partial charge in [0.05, 0.1) is 0 Å². The van der Waals surface area contributed by atoms with Crippen molar-refractivity contribution in [3.63, 3.8) is 0 Å². The number of piperazine rings is 1. The summed E-state index contributed by atoms with van der Waals surface area (Å²) in [6.07, 6.45) is 6.87. The molecule has 0 spiro atoms. The third kappa shape index (κ3) is 4.26. The highest BCUT2D eigenvalue weighted by Crippen LogP contribution is 2.29. The van der Waals surface area contributed by atoms with Crippen molar-refractivity contribution >= 4 is 11.8 Å². The quantitative estimate of drug-likeness (QED) is 0.880. The third-order valence-corrected chi connectivity index (χ3v) is 5.98. The van der Waals surface area contributed by atoms with Crippen molar-refractivity contribution in [1.82, 2.24) is 9.80 Å². The van der Waals surface area contributed by atoms with Crippen molar-refractivity contribution in [2.75, 3.05) is 26.2 Å². The Balaban J connectivity index is 1.49. The standard InChI is InChI=1S/C21H31N3O2/c1-21(22,18-9-3-2-4-10-18)20(26)24-15-13-23(14-16-24)19(25)12-11-17-7-5-6-8-17/h2-4,9-10,17H,5-8,11-16,22H2,1H3. The molecule has 26 heavy (non-hydrogen) atoms. The van der Waals surface area contributed by atoms with E-state index in [1.54, 1.807) is 11.8 Å². The highest BCUT2D eigenvalue weighted by Gasteiger charge is 2.36. The zero-order valence-corrected chi connectivity index (χ0v) is 15.8. The van der Waals surface area contributed by atoms with Crippen LogP contribution in [-0.2, 0) is 15.1 Å². The molecule has 0 radical (unpaired) electrons. The first-order valence-electron chi connectivity index (χ1n) is 9.90. The lowest BCUT2D eigenvalue weighted by molar-refractivity contribution is -0.143. The van der Waals surface area contributed by atoms with Gasteiger partial charge in [-0.2, -0.15) is 0 Å². The van der Waals surface area contributed by atoms with Gasteiger partial charge < -0.3 is 15.5 Å². The molecule has 2 aliphatic rings. The third-order valence-electron chi connectivity index (χ3n) is 5.98. The van der Waals surface area contributed by atoms with E-state index in [0.717, 1.165) is 17.9 Å². The maximum atomic E-state index is 12.9. The Morgan fingerprint density at radius 3 is 2.23 bits per heavy atom. The molecule has 3 rings (SSSR count). The molecule has 2 N–H and O–H groups in total. The Hall–Kier alpha value is -1.88.